The normalized spacial score (nSPS) is 34.8. The summed E-state index contributed by atoms with van der Waals surface area (Å²) in [5.74, 6) is 1.22. The number of aromatic nitrogens is 2. The third-order valence-corrected chi connectivity index (χ3v) is 5.13. The van der Waals surface area contributed by atoms with Gasteiger partial charge in [0.2, 0.25) is 11.8 Å². The molecule has 6 nitrogen and oxygen atoms in total. The number of piperidine rings is 3. The van der Waals surface area contributed by atoms with Gasteiger partial charge in [0.15, 0.2) is 0 Å². The fraction of sp³-hybridized carbons (Fsp3) is 0.571. The van der Waals surface area contributed by atoms with E-state index in [0.717, 1.165) is 43.7 Å². The van der Waals surface area contributed by atoms with Crippen LogP contribution in [0.15, 0.2) is 11.5 Å². The Hall–Kier alpha value is -2.00. The first kappa shape index (κ1) is 11.8. The van der Waals surface area contributed by atoms with Crippen molar-refractivity contribution in [1.82, 2.24) is 15.1 Å². The molecule has 1 atom stereocenters. The summed E-state index contributed by atoms with van der Waals surface area (Å²) in [5, 5.41) is 16.9. The zero-order valence-corrected chi connectivity index (χ0v) is 11.4. The average Bonchev–Trinajstić information content (AvgIpc) is 2.82. The van der Waals surface area contributed by atoms with Crippen molar-refractivity contribution in [3.8, 4) is 11.9 Å². The SMILES string of the molecule is Cc1[nH]nc2c1C1(CN3CCC1CC3)C(C#N)=C(N)O2. The molecule has 1 aromatic rings. The van der Waals surface area contributed by atoms with Crippen molar-refractivity contribution in [1.29, 1.82) is 5.26 Å². The number of H-pyrrole nitrogens is 1. The predicted octanol–water partition coefficient (Wildman–Crippen LogP) is 0.768. The smallest absolute Gasteiger partial charge is 0.244 e. The maximum atomic E-state index is 9.64. The number of nitrogens with one attached hydrogen (secondary N) is 1. The predicted molar refractivity (Wildman–Crippen MR) is 71.6 cm³/mol. The van der Waals surface area contributed by atoms with Crippen LogP contribution in [-0.4, -0.2) is 34.7 Å². The van der Waals surface area contributed by atoms with Gasteiger partial charge in [-0.2, -0.15) is 5.26 Å². The van der Waals surface area contributed by atoms with Crippen molar-refractivity contribution >= 4 is 0 Å². The highest BCUT2D eigenvalue weighted by molar-refractivity contribution is 5.55. The van der Waals surface area contributed by atoms with Crippen LogP contribution in [-0.2, 0) is 5.41 Å². The number of nitriles is 1. The second kappa shape index (κ2) is 3.76. The van der Waals surface area contributed by atoms with Gasteiger partial charge in [0, 0.05) is 17.8 Å². The van der Waals surface area contributed by atoms with E-state index in [2.05, 4.69) is 21.2 Å². The van der Waals surface area contributed by atoms with Crippen molar-refractivity contribution in [3.63, 3.8) is 0 Å². The van der Waals surface area contributed by atoms with Gasteiger partial charge in [-0.25, -0.2) is 0 Å². The average molecular weight is 271 g/mol. The molecule has 0 aromatic carbocycles. The molecule has 0 aliphatic carbocycles. The number of hydrogen-bond donors (Lipinski definition) is 2. The number of aromatic amines is 1. The summed E-state index contributed by atoms with van der Waals surface area (Å²) in [7, 11) is 0. The van der Waals surface area contributed by atoms with Gasteiger partial charge in [0.1, 0.15) is 11.6 Å². The van der Waals surface area contributed by atoms with Gasteiger partial charge in [-0.05, 0) is 38.8 Å². The lowest BCUT2D eigenvalue weighted by Crippen LogP contribution is -2.59. The second-order valence-corrected chi connectivity index (χ2v) is 6.00. The van der Waals surface area contributed by atoms with Crippen molar-refractivity contribution in [2.45, 2.75) is 25.2 Å². The van der Waals surface area contributed by atoms with Crippen LogP contribution in [0.1, 0.15) is 24.1 Å². The molecule has 1 unspecified atom stereocenters. The van der Waals surface area contributed by atoms with Crippen LogP contribution in [0.5, 0.6) is 5.88 Å². The molecule has 104 valence electrons. The number of hydrogen-bond acceptors (Lipinski definition) is 5. The van der Waals surface area contributed by atoms with Gasteiger partial charge in [0.05, 0.1) is 5.41 Å². The van der Waals surface area contributed by atoms with Crippen LogP contribution in [0.4, 0.5) is 0 Å². The second-order valence-electron chi connectivity index (χ2n) is 6.00. The van der Waals surface area contributed by atoms with Gasteiger partial charge in [-0.15, -0.1) is 5.10 Å². The van der Waals surface area contributed by atoms with Gasteiger partial charge < -0.3 is 15.4 Å². The Morgan fingerprint density at radius 2 is 2.25 bits per heavy atom. The molecule has 4 aliphatic heterocycles. The maximum absolute atomic E-state index is 9.64. The highest BCUT2D eigenvalue weighted by Crippen LogP contribution is 2.54. The lowest BCUT2D eigenvalue weighted by molar-refractivity contribution is 0.0384. The Balaban J connectivity index is 2.00. The number of fused-ring (bicyclic) bond motifs is 3. The Labute approximate surface area is 117 Å². The minimum atomic E-state index is -0.333. The summed E-state index contributed by atoms with van der Waals surface area (Å²) in [6, 6.07) is 2.32. The topological polar surface area (TPSA) is 91.0 Å². The Morgan fingerprint density at radius 1 is 1.50 bits per heavy atom. The minimum Gasteiger partial charge on any atom is -0.420 e. The van der Waals surface area contributed by atoms with E-state index >= 15 is 0 Å². The fourth-order valence-electron chi connectivity index (χ4n) is 4.29. The highest BCUT2D eigenvalue weighted by atomic mass is 16.5. The van der Waals surface area contributed by atoms with Crippen molar-refractivity contribution < 1.29 is 4.74 Å². The number of rotatable bonds is 0. The molecular formula is C14H17N5O. The molecule has 20 heavy (non-hydrogen) atoms. The van der Waals surface area contributed by atoms with Gasteiger partial charge in [0.25, 0.3) is 0 Å². The first-order valence-electron chi connectivity index (χ1n) is 7.03. The molecule has 3 fully saturated rings. The lowest BCUT2D eigenvalue weighted by Gasteiger charge is -2.54. The molecule has 0 saturated carbocycles. The van der Waals surface area contributed by atoms with Crippen molar-refractivity contribution in [2.24, 2.45) is 11.7 Å². The number of nitrogens with two attached hydrogens (primary N) is 1. The molecular weight excluding hydrogens is 254 g/mol. The van der Waals surface area contributed by atoms with E-state index < -0.39 is 0 Å². The number of aryl methyl sites for hydroxylation is 1. The maximum Gasteiger partial charge on any atom is 0.244 e. The Morgan fingerprint density at radius 3 is 2.85 bits per heavy atom. The zero-order chi connectivity index (χ0) is 13.9. The molecule has 3 N–H and O–H groups in total. The first-order chi connectivity index (χ1) is 9.66. The molecule has 5 heterocycles. The summed E-state index contributed by atoms with van der Waals surface area (Å²) in [6.07, 6.45) is 2.20. The van der Waals surface area contributed by atoms with E-state index in [1.165, 1.54) is 0 Å². The molecule has 2 bridgehead atoms. The van der Waals surface area contributed by atoms with Crippen LogP contribution < -0.4 is 10.5 Å². The Bertz CT molecular complexity index is 647. The Kier molecular flexibility index (Phi) is 2.22. The largest absolute Gasteiger partial charge is 0.420 e. The van der Waals surface area contributed by atoms with Crippen LogP contribution in [0.3, 0.4) is 0 Å². The van der Waals surface area contributed by atoms with Crippen LogP contribution in [0, 0.1) is 24.2 Å². The lowest BCUT2D eigenvalue weighted by atomic mass is 9.59. The minimum absolute atomic E-state index is 0.222. The van der Waals surface area contributed by atoms with Crippen molar-refractivity contribution in [3.05, 3.63) is 22.7 Å². The molecule has 0 radical (unpaired) electrons. The summed E-state index contributed by atoms with van der Waals surface area (Å²) in [4.78, 5) is 2.42. The van der Waals surface area contributed by atoms with Gasteiger partial charge >= 0.3 is 0 Å². The van der Waals surface area contributed by atoms with E-state index in [1.54, 1.807) is 0 Å². The standard InChI is InChI=1S/C14H17N5O/c1-8-11-13(18-17-8)20-12(16)10(6-15)14(11)7-19-4-2-9(14)3-5-19/h9H,2-5,7,16H2,1H3,(H,17,18). The van der Waals surface area contributed by atoms with E-state index in [9.17, 15) is 5.26 Å². The van der Waals surface area contributed by atoms with Gasteiger partial charge in [-0.1, -0.05) is 0 Å². The number of ether oxygens (including phenoxy) is 1. The van der Waals surface area contributed by atoms with Crippen LogP contribution in [0.2, 0.25) is 0 Å². The summed E-state index contributed by atoms with van der Waals surface area (Å²) < 4.78 is 5.57. The monoisotopic (exact) mass is 271 g/mol. The van der Waals surface area contributed by atoms with Crippen molar-refractivity contribution in [2.75, 3.05) is 19.6 Å². The molecule has 1 spiro atoms. The third kappa shape index (κ3) is 1.23. The zero-order valence-electron chi connectivity index (χ0n) is 11.4. The molecule has 0 amide bonds. The molecule has 5 rings (SSSR count). The van der Waals surface area contributed by atoms with E-state index in [0.29, 0.717) is 17.4 Å². The molecule has 3 saturated heterocycles. The molecule has 4 aliphatic rings. The molecule has 1 aromatic heterocycles. The quantitative estimate of drug-likeness (QED) is 0.727. The van der Waals surface area contributed by atoms with Gasteiger partial charge in [-0.3, -0.25) is 5.10 Å². The highest BCUT2D eigenvalue weighted by Gasteiger charge is 2.56. The van der Waals surface area contributed by atoms with E-state index in [1.807, 2.05) is 6.92 Å². The first-order valence-corrected chi connectivity index (χ1v) is 7.03. The van der Waals surface area contributed by atoms with E-state index in [-0.39, 0.29) is 11.3 Å². The summed E-state index contributed by atoms with van der Waals surface area (Å²) in [5.41, 5.74) is 8.29. The summed E-state index contributed by atoms with van der Waals surface area (Å²) in [6.45, 7) is 5.05. The third-order valence-electron chi connectivity index (χ3n) is 5.13. The van der Waals surface area contributed by atoms with Crippen LogP contribution in [0.25, 0.3) is 0 Å². The summed E-state index contributed by atoms with van der Waals surface area (Å²) >= 11 is 0. The molecule has 6 heteroatoms. The number of nitrogens with zero attached hydrogens (tertiary/aromatic N) is 3. The van der Waals surface area contributed by atoms with E-state index in [4.69, 9.17) is 10.5 Å². The fourth-order valence-corrected chi connectivity index (χ4v) is 4.29. The van der Waals surface area contributed by atoms with Crippen LogP contribution >= 0.6 is 0 Å².